The summed E-state index contributed by atoms with van der Waals surface area (Å²) in [5, 5.41) is 8.60. The lowest BCUT2D eigenvalue weighted by Crippen LogP contribution is -2.13. The lowest BCUT2D eigenvalue weighted by atomic mass is 10.1. The van der Waals surface area contributed by atoms with E-state index < -0.39 is 16.0 Å². The highest BCUT2D eigenvalue weighted by Gasteiger charge is 2.16. The Labute approximate surface area is 122 Å². The number of nitrogens with zero attached hydrogens (tertiary/aromatic N) is 1. The summed E-state index contributed by atoms with van der Waals surface area (Å²) in [6.07, 6.45) is 1.69. The van der Waals surface area contributed by atoms with Gasteiger partial charge in [0.2, 0.25) is 0 Å². The average molecular weight is 309 g/mol. The second kappa shape index (κ2) is 5.96. The molecule has 0 saturated heterocycles. The highest BCUT2D eigenvalue weighted by atomic mass is 32.2. The Kier molecular flexibility index (Phi) is 4.27. The first-order chi connectivity index (χ1) is 9.87. The number of carboxylic acids is 1. The van der Waals surface area contributed by atoms with Crippen LogP contribution in [0.5, 0.6) is 0 Å². The highest BCUT2D eigenvalue weighted by molar-refractivity contribution is 7.92. The number of hydrogen-bond acceptors (Lipinski definition) is 4. The van der Waals surface area contributed by atoms with Crippen LogP contribution in [0.2, 0.25) is 0 Å². The standard InChI is InChI=1S/C13H15N3O4S/c1-9-14-8-12(15-9)21(19,20)16-11-5-2-10(3-6-11)4-7-13(17)18/h2-3,5-6,8,16H,4,7H2,1H3,(H,14,15)(H,17,18). The van der Waals surface area contributed by atoms with Gasteiger partial charge in [-0.1, -0.05) is 12.1 Å². The van der Waals surface area contributed by atoms with Crippen molar-refractivity contribution >= 4 is 21.7 Å². The molecule has 1 heterocycles. The van der Waals surface area contributed by atoms with Gasteiger partial charge in [0, 0.05) is 12.1 Å². The number of nitrogens with one attached hydrogen (secondary N) is 2. The van der Waals surface area contributed by atoms with E-state index >= 15 is 0 Å². The van der Waals surface area contributed by atoms with Gasteiger partial charge in [0.05, 0.1) is 6.20 Å². The predicted octanol–water partition coefficient (Wildman–Crippen LogP) is 1.54. The van der Waals surface area contributed by atoms with Gasteiger partial charge in [0.1, 0.15) is 5.82 Å². The number of imidazole rings is 1. The van der Waals surface area contributed by atoms with Crippen molar-refractivity contribution in [1.29, 1.82) is 0 Å². The van der Waals surface area contributed by atoms with Crippen molar-refractivity contribution in [3.05, 3.63) is 41.9 Å². The Bertz CT molecular complexity index is 735. The molecular weight excluding hydrogens is 294 g/mol. The van der Waals surface area contributed by atoms with Crippen LogP contribution in [-0.4, -0.2) is 29.5 Å². The number of rotatable bonds is 6. The van der Waals surface area contributed by atoms with Gasteiger partial charge in [0.15, 0.2) is 5.03 Å². The van der Waals surface area contributed by atoms with E-state index in [1.54, 1.807) is 31.2 Å². The van der Waals surface area contributed by atoms with Crippen LogP contribution in [0.25, 0.3) is 0 Å². The number of sulfonamides is 1. The first-order valence-electron chi connectivity index (χ1n) is 6.22. The van der Waals surface area contributed by atoms with Crippen molar-refractivity contribution in [2.75, 3.05) is 4.72 Å². The largest absolute Gasteiger partial charge is 0.481 e. The van der Waals surface area contributed by atoms with Crippen molar-refractivity contribution in [2.24, 2.45) is 0 Å². The summed E-state index contributed by atoms with van der Waals surface area (Å²) < 4.78 is 26.5. The first kappa shape index (κ1) is 15.0. The van der Waals surface area contributed by atoms with E-state index in [4.69, 9.17) is 5.11 Å². The first-order valence-corrected chi connectivity index (χ1v) is 7.70. The molecule has 0 amide bonds. The number of aromatic nitrogens is 2. The van der Waals surface area contributed by atoms with Gasteiger partial charge in [-0.25, -0.2) is 4.98 Å². The molecule has 2 aromatic rings. The Hall–Kier alpha value is -2.35. The van der Waals surface area contributed by atoms with Crippen molar-refractivity contribution in [3.63, 3.8) is 0 Å². The number of carbonyl (C=O) groups is 1. The number of aryl methyl sites for hydroxylation is 2. The van der Waals surface area contributed by atoms with Crippen molar-refractivity contribution in [1.82, 2.24) is 9.97 Å². The summed E-state index contributed by atoms with van der Waals surface area (Å²) in [4.78, 5) is 17.0. The SMILES string of the molecule is Cc1ncc(S(=O)(=O)Nc2ccc(CCC(=O)O)cc2)[nH]1. The zero-order chi connectivity index (χ0) is 15.5. The third-order valence-electron chi connectivity index (χ3n) is 2.80. The molecule has 1 aromatic heterocycles. The van der Waals surface area contributed by atoms with Gasteiger partial charge in [-0.15, -0.1) is 0 Å². The molecule has 0 radical (unpaired) electrons. The van der Waals surface area contributed by atoms with Gasteiger partial charge in [0.25, 0.3) is 10.0 Å². The maximum atomic E-state index is 12.1. The topological polar surface area (TPSA) is 112 Å². The minimum absolute atomic E-state index is 0.00467. The number of benzene rings is 1. The Morgan fingerprint density at radius 2 is 2.00 bits per heavy atom. The van der Waals surface area contributed by atoms with Crippen LogP contribution in [0.1, 0.15) is 17.8 Å². The molecule has 0 unspecified atom stereocenters. The van der Waals surface area contributed by atoms with Crippen LogP contribution < -0.4 is 4.72 Å². The van der Waals surface area contributed by atoms with E-state index in [2.05, 4.69) is 14.7 Å². The molecular formula is C13H15N3O4S. The fourth-order valence-electron chi connectivity index (χ4n) is 1.74. The Morgan fingerprint density at radius 1 is 1.33 bits per heavy atom. The summed E-state index contributed by atoms with van der Waals surface area (Å²) in [6, 6.07) is 6.58. The molecule has 0 spiro atoms. The number of H-pyrrole nitrogens is 1. The summed E-state index contributed by atoms with van der Waals surface area (Å²) in [7, 11) is -3.69. The average Bonchev–Trinajstić information content (AvgIpc) is 2.85. The lowest BCUT2D eigenvalue weighted by Gasteiger charge is -2.07. The van der Waals surface area contributed by atoms with Crippen molar-refractivity contribution < 1.29 is 18.3 Å². The second-order valence-corrected chi connectivity index (χ2v) is 6.18. The second-order valence-electron chi connectivity index (χ2n) is 4.53. The van der Waals surface area contributed by atoms with E-state index in [1.165, 1.54) is 6.20 Å². The van der Waals surface area contributed by atoms with Crippen LogP contribution in [-0.2, 0) is 21.2 Å². The van der Waals surface area contributed by atoms with Gasteiger partial charge in [-0.2, -0.15) is 8.42 Å². The molecule has 0 aliphatic rings. The molecule has 21 heavy (non-hydrogen) atoms. The number of carboxylic acid groups (broad SMARTS) is 1. The molecule has 0 aliphatic carbocycles. The normalized spacial score (nSPS) is 11.3. The highest BCUT2D eigenvalue weighted by Crippen LogP contribution is 2.16. The number of aliphatic carboxylic acids is 1. The molecule has 8 heteroatoms. The monoisotopic (exact) mass is 309 g/mol. The molecule has 2 rings (SSSR count). The summed E-state index contributed by atoms with van der Waals surface area (Å²) in [6.45, 7) is 1.66. The summed E-state index contributed by atoms with van der Waals surface area (Å²) >= 11 is 0. The molecule has 0 bridgehead atoms. The number of anilines is 1. The minimum Gasteiger partial charge on any atom is -0.481 e. The maximum Gasteiger partial charge on any atom is 0.303 e. The summed E-state index contributed by atoms with van der Waals surface area (Å²) in [5.74, 6) is -0.353. The fourth-order valence-corrected chi connectivity index (χ4v) is 2.77. The minimum atomic E-state index is -3.69. The zero-order valence-electron chi connectivity index (χ0n) is 11.3. The third-order valence-corrected chi connectivity index (χ3v) is 4.09. The molecule has 3 N–H and O–H groups in total. The Balaban J connectivity index is 2.08. The van der Waals surface area contributed by atoms with Gasteiger partial charge >= 0.3 is 5.97 Å². The lowest BCUT2D eigenvalue weighted by molar-refractivity contribution is -0.136. The van der Waals surface area contributed by atoms with E-state index in [1.807, 2.05) is 0 Å². The van der Waals surface area contributed by atoms with E-state index in [9.17, 15) is 13.2 Å². The third kappa shape index (κ3) is 4.06. The maximum absolute atomic E-state index is 12.1. The van der Waals surface area contributed by atoms with E-state index in [0.29, 0.717) is 17.9 Å². The summed E-state index contributed by atoms with van der Waals surface area (Å²) in [5.41, 5.74) is 1.24. The molecule has 0 fully saturated rings. The quantitative estimate of drug-likeness (QED) is 0.749. The van der Waals surface area contributed by atoms with Crippen LogP contribution in [0.3, 0.4) is 0 Å². The number of hydrogen-bond donors (Lipinski definition) is 3. The van der Waals surface area contributed by atoms with Crippen LogP contribution in [0, 0.1) is 6.92 Å². The van der Waals surface area contributed by atoms with Crippen LogP contribution >= 0.6 is 0 Å². The Morgan fingerprint density at radius 3 is 2.52 bits per heavy atom. The number of aromatic amines is 1. The van der Waals surface area contributed by atoms with Crippen molar-refractivity contribution in [3.8, 4) is 0 Å². The fraction of sp³-hybridized carbons (Fsp3) is 0.231. The molecule has 7 nitrogen and oxygen atoms in total. The molecule has 0 saturated carbocycles. The van der Waals surface area contributed by atoms with E-state index in [-0.39, 0.29) is 11.4 Å². The van der Waals surface area contributed by atoms with Crippen LogP contribution in [0.15, 0.2) is 35.5 Å². The van der Waals surface area contributed by atoms with E-state index in [0.717, 1.165) is 5.56 Å². The molecule has 112 valence electrons. The van der Waals surface area contributed by atoms with Gasteiger partial charge < -0.3 is 10.1 Å². The zero-order valence-corrected chi connectivity index (χ0v) is 12.1. The van der Waals surface area contributed by atoms with Gasteiger partial charge in [-0.3, -0.25) is 9.52 Å². The van der Waals surface area contributed by atoms with Gasteiger partial charge in [-0.05, 0) is 31.0 Å². The molecule has 0 aliphatic heterocycles. The van der Waals surface area contributed by atoms with Crippen molar-refractivity contribution in [2.45, 2.75) is 24.8 Å². The predicted molar refractivity (Wildman–Crippen MR) is 76.5 cm³/mol. The smallest absolute Gasteiger partial charge is 0.303 e. The molecule has 0 atom stereocenters. The molecule has 1 aromatic carbocycles. The van der Waals surface area contributed by atoms with Crippen LogP contribution in [0.4, 0.5) is 5.69 Å².